The van der Waals surface area contributed by atoms with Gasteiger partial charge < -0.3 is 0 Å². The summed E-state index contributed by atoms with van der Waals surface area (Å²) in [4.78, 5) is 52.2. The average molecular weight is 362 g/mol. The predicted octanol–water partition coefficient (Wildman–Crippen LogP) is 1.45. The van der Waals surface area contributed by atoms with E-state index in [4.69, 9.17) is 0 Å². The molecule has 2 aliphatic heterocycles. The van der Waals surface area contributed by atoms with Crippen LogP contribution in [0, 0.1) is 11.3 Å². The molecule has 2 atom stereocenters. The highest BCUT2D eigenvalue weighted by molar-refractivity contribution is 6.23. The molecular weight excluding hydrogens is 344 g/mol. The van der Waals surface area contributed by atoms with Crippen molar-refractivity contribution < 1.29 is 19.2 Å². The summed E-state index contributed by atoms with van der Waals surface area (Å²) in [5, 5.41) is 2.27. The molecule has 2 heterocycles. The zero-order chi connectivity index (χ0) is 19.0. The van der Waals surface area contributed by atoms with Crippen molar-refractivity contribution in [1.29, 1.82) is 0 Å². The Morgan fingerprint density at radius 1 is 0.889 bits per heavy atom. The lowest BCUT2D eigenvalue weighted by atomic mass is 9.68. The Morgan fingerprint density at radius 3 is 2.11 bits per heavy atom. The lowest BCUT2D eigenvalue weighted by molar-refractivity contribution is -0.152. The van der Waals surface area contributed by atoms with Crippen LogP contribution in [0.4, 0.5) is 0 Å². The van der Waals surface area contributed by atoms with Crippen molar-refractivity contribution in [1.82, 2.24) is 10.2 Å². The van der Waals surface area contributed by atoms with Gasteiger partial charge in [0.25, 0.3) is 0 Å². The van der Waals surface area contributed by atoms with E-state index in [2.05, 4.69) is 5.32 Å². The normalized spacial score (nSPS) is 24.7. The lowest BCUT2D eigenvalue weighted by Gasteiger charge is -2.33. The molecule has 2 saturated heterocycles. The summed E-state index contributed by atoms with van der Waals surface area (Å²) in [6.07, 6.45) is -0.0675. The quantitative estimate of drug-likeness (QED) is 0.659. The fourth-order valence-corrected chi connectivity index (χ4v) is 3.99. The van der Waals surface area contributed by atoms with Crippen LogP contribution in [0.2, 0.25) is 0 Å². The minimum absolute atomic E-state index is 0.0903. The molecule has 6 heteroatoms. The topological polar surface area (TPSA) is 83.6 Å². The third-order valence-corrected chi connectivity index (χ3v) is 5.34. The van der Waals surface area contributed by atoms with Crippen molar-refractivity contribution in [2.24, 2.45) is 11.3 Å². The summed E-state index contributed by atoms with van der Waals surface area (Å²) in [5.74, 6) is -3.15. The van der Waals surface area contributed by atoms with Gasteiger partial charge >= 0.3 is 0 Å². The number of hydrogen-bond acceptors (Lipinski definition) is 4. The first-order chi connectivity index (χ1) is 13.0. The van der Waals surface area contributed by atoms with Gasteiger partial charge in [-0.3, -0.25) is 29.4 Å². The van der Waals surface area contributed by atoms with E-state index in [0.717, 1.165) is 16.0 Å². The van der Waals surface area contributed by atoms with E-state index in [1.807, 2.05) is 60.7 Å². The van der Waals surface area contributed by atoms with Crippen molar-refractivity contribution >= 4 is 23.6 Å². The highest BCUT2D eigenvalue weighted by atomic mass is 16.2. The molecule has 136 valence electrons. The number of nitrogens with one attached hydrogen (secondary N) is 1. The maximum absolute atomic E-state index is 13.3. The van der Waals surface area contributed by atoms with Gasteiger partial charge in [0.2, 0.25) is 23.6 Å². The number of imide groups is 2. The molecule has 0 radical (unpaired) electrons. The molecule has 0 aliphatic carbocycles. The first kappa shape index (κ1) is 17.1. The van der Waals surface area contributed by atoms with Crippen LogP contribution in [-0.4, -0.2) is 28.5 Å². The van der Waals surface area contributed by atoms with Crippen LogP contribution < -0.4 is 5.32 Å². The van der Waals surface area contributed by atoms with Gasteiger partial charge in [0.05, 0.1) is 12.5 Å². The number of hydrogen-bond donors (Lipinski definition) is 1. The molecular formula is C21H18N2O4. The van der Waals surface area contributed by atoms with Gasteiger partial charge in [-0.1, -0.05) is 60.7 Å². The van der Waals surface area contributed by atoms with Gasteiger partial charge in [0.15, 0.2) is 0 Å². The van der Waals surface area contributed by atoms with Gasteiger partial charge in [-0.15, -0.1) is 0 Å². The largest absolute Gasteiger partial charge is 0.295 e. The number of fused-ring (bicyclic) bond motifs is 1. The Kier molecular flexibility index (Phi) is 4.11. The van der Waals surface area contributed by atoms with E-state index in [9.17, 15) is 19.2 Å². The molecule has 1 N–H and O–H groups in total. The molecule has 4 rings (SSSR count). The molecule has 2 aromatic rings. The van der Waals surface area contributed by atoms with Crippen LogP contribution in [0.15, 0.2) is 60.7 Å². The number of carbonyl (C=O) groups is 4. The zero-order valence-corrected chi connectivity index (χ0v) is 14.6. The molecule has 2 fully saturated rings. The fourth-order valence-electron chi connectivity index (χ4n) is 3.99. The molecule has 2 unspecified atom stereocenters. The van der Waals surface area contributed by atoms with Crippen molar-refractivity contribution in [3.63, 3.8) is 0 Å². The lowest BCUT2D eigenvalue weighted by Crippen LogP contribution is -2.57. The number of rotatable bonds is 4. The number of piperidine rings is 1. The first-order valence-corrected chi connectivity index (χ1v) is 8.80. The van der Waals surface area contributed by atoms with Crippen LogP contribution in [-0.2, 0) is 32.1 Å². The van der Waals surface area contributed by atoms with Crippen LogP contribution in [0.25, 0.3) is 0 Å². The predicted molar refractivity (Wildman–Crippen MR) is 95.8 cm³/mol. The molecule has 2 aromatic carbocycles. The maximum atomic E-state index is 13.3. The summed E-state index contributed by atoms with van der Waals surface area (Å²) >= 11 is 0. The van der Waals surface area contributed by atoms with E-state index in [1.165, 1.54) is 0 Å². The number of carbonyl (C=O) groups excluding carboxylic acids is 4. The molecule has 0 bridgehead atoms. The molecule has 2 aliphatic rings. The third kappa shape index (κ3) is 2.73. The van der Waals surface area contributed by atoms with Gasteiger partial charge in [-0.05, 0) is 17.5 Å². The second kappa shape index (κ2) is 6.46. The van der Waals surface area contributed by atoms with Crippen molar-refractivity contribution in [2.75, 3.05) is 0 Å². The Balaban J connectivity index is 1.75. The zero-order valence-electron chi connectivity index (χ0n) is 14.6. The molecule has 0 spiro atoms. The molecule has 27 heavy (non-hydrogen) atoms. The SMILES string of the molecule is O=C1CC2C(=O)N(Cc3ccccc3)C(=O)C2(Cc2ccccc2)C(=O)N1. The van der Waals surface area contributed by atoms with Crippen molar-refractivity contribution in [2.45, 2.75) is 19.4 Å². The van der Waals surface area contributed by atoms with Gasteiger partial charge in [-0.25, -0.2) is 0 Å². The van der Waals surface area contributed by atoms with Crippen LogP contribution in [0.1, 0.15) is 17.5 Å². The second-order valence-electron chi connectivity index (χ2n) is 6.98. The summed E-state index contributed by atoms with van der Waals surface area (Å²) in [6.45, 7) is 0.0903. The van der Waals surface area contributed by atoms with Crippen LogP contribution >= 0.6 is 0 Å². The van der Waals surface area contributed by atoms with Crippen LogP contribution in [0.5, 0.6) is 0 Å². The van der Waals surface area contributed by atoms with Crippen LogP contribution in [0.3, 0.4) is 0 Å². The minimum atomic E-state index is -1.57. The minimum Gasteiger partial charge on any atom is -0.295 e. The van der Waals surface area contributed by atoms with E-state index < -0.39 is 35.0 Å². The maximum Gasteiger partial charge on any atom is 0.246 e. The summed E-state index contributed by atoms with van der Waals surface area (Å²) in [5.41, 5.74) is -0.00430. The van der Waals surface area contributed by atoms with Crippen molar-refractivity contribution in [3.05, 3.63) is 71.8 Å². The Morgan fingerprint density at radius 2 is 1.48 bits per heavy atom. The van der Waals surface area contributed by atoms with Gasteiger partial charge in [0, 0.05) is 6.42 Å². The summed E-state index contributed by atoms with van der Waals surface area (Å²) in [7, 11) is 0. The van der Waals surface area contributed by atoms with E-state index in [0.29, 0.717) is 0 Å². The first-order valence-electron chi connectivity index (χ1n) is 8.80. The van der Waals surface area contributed by atoms with E-state index >= 15 is 0 Å². The molecule has 4 amide bonds. The van der Waals surface area contributed by atoms with Gasteiger partial charge in [-0.2, -0.15) is 0 Å². The standard InChI is InChI=1S/C21H18N2O4/c24-17-11-16-18(25)23(13-15-9-5-2-6-10-15)20(27)21(16,19(26)22-17)12-14-7-3-1-4-8-14/h1-10,16H,11-13H2,(H,22,24,26). The monoisotopic (exact) mass is 362 g/mol. The number of nitrogens with zero attached hydrogens (tertiary/aromatic N) is 1. The Bertz CT molecular complexity index is 926. The second-order valence-corrected chi connectivity index (χ2v) is 6.98. The van der Waals surface area contributed by atoms with E-state index in [1.54, 1.807) is 0 Å². The average Bonchev–Trinajstić information content (AvgIpc) is 2.86. The molecule has 0 saturated carbocycles. The number of likely N-dealkylation sites (tertiary alicyclic amines) is 1. The van der Waals surface area contributed by atoms with Gasteiger partial charge in [0.1, 0.15) is 5.41 Å². The van der Waals surface area contributed by atoms with Crippen molar-refractivity contribution in [3.8, 4) is 0 Å². The highest BCUT2D eigenvalue weighted by Crippen LogP contribution is 2.45. The third-order valence-electron chi connectivity index (χ3n) is 5.34. The smallest absolute Gasteiger partial charge is 0.246 e. The highest BCUT2D eigenvalue weighted by Gasteiger charge is 2.66. The summed E-state index contributed by atoms with van der Waals surface area (Å²) in [6, 6.07) is 18.2. The fraction of sp³-hybridized carbons (Fsp3) is 0.238. The Hall–Kier alpha value is -3.28. The number of benzene rings is 2. The van der Waals surface area contributed by atoms with E-state index in [-0.39, 0.29) is 19.4 Å². The number of amides is 4. The molecule has 6 nitrogen and oxygen atoms in total. The Labute approximate surface area is 156 Å². The summed E-state index contributed by atoms with van der Waals surface area (Å²) < 4.78 is 0. The molecule has 0 aromatic heterocycles.